The Morgan fingerprint density at radius 2 is 2.00 bits per heavy atom. The second kappa shape index (κ2) is 7.35. The van der Waals surface area contributed by atoms with Gasteiger partial charge >= 0.3 is 0 Å². The Balaban J connectivity index is 2.61. The maximum atomic E-state index is 11.2. The van der Waals surface area contributed by atoms with E-state index in [9.17, 15) is 14.3 Å². The van der Waals surface area contributed by atoms with Gasteiger partial charge < -0.3 is 5.32 Å². The molecule has 3 atom stereocenters. The Bertz CT molecular complexity index is 465. The first-order valence-electron chi connectivity index (χ1n) is 6.22. The van der Waals surface area contributed by atoms with Crippen molar-refractivity contribution in [2.75, 3.05) is 12.8 Å². The fraction of sp³-hybridized carbons (Fsp3) is 0.538. The number of nitro groups is 1. The molecule has 6 heteroatoms. The predicted octanol–water partition coefficient (Wildman–Crippen LogP) is 2.40. The van der Waals surface area contributed by atoms with Gasteiger partial charge in [-0.3, -0.25) is 14.3 Å². The van der Waals surface area contributed by atoms with Crippen molar-refractivity contribution in [1.82, 2.24) is 5.32 Å². The lowest BCUT2D eigenvalue weighted by atomic mass is 10.1. The molecule has 1 rings (SSSR count). The van der Waals surface area contributed by atoms with Gasteiger partial charge in [0.2, 0.25) is 0 Å². The van der Waals surface area contributed by atoms with Crippen molar-refractivity contribution in [3.8, 4) is 0 Å². The molecule has 1 N–H and O–H groups in total. The minimum Gasteiger partial charge on any atom is -0.310 e. The van der Waals surface area contributed by atoms with E-state index in [4.69, 9.17) is 0 Å². The zero-order chi connectivity index (χ0) is 14.4. The maximum absolute atomic E-state index is 11.2. The highest BCUT2D eigenvalue weighted by atomic mass is 32.2. The molecule has 0 amide bonds. The molecule has 0 spiro atoms. The topological polar surface area (TPSA) is 72.2 Å². The number of hydrogen-bond donors (Lipinski definition) is 1. The monoisotopic (exact) mass is 284 g/mol. The van der Waals surface area contributed by atoms with Crippen LogP contribution in [0.3, 0.4) is 0 Å². The Morgan fingerprint density at radius 3 is 2.58 bits per heavy atom. The highest BCUT2D eigenvalue weighted by molar-refractivity contribution is 7.84. The zero-order valence-electron chi connectivity index (χ0n) is 11.5. The third-order valence-electron chi connectivity index (χ3n) is 3.17. The summed E-state index contributed by atoms with van der Waals surface area (Å²) in [5, 5.41) is 14.3. The second-order valence-electron chi connectivity index (χ2n) is 4.59. The predicted molar refractivity (Wildman–Crippen MR) is 77.7 cm³/mol. The molecule has 0 saturated carbocycles. The van der Waals surface area contributed by atoms with Gasteiger partial charge in [-0.25, -0.2) is 0 Å². The van der Waals surface area contributed by atoms with Crippen molar-refractivity contribution in [3.05, 3.63) is 39.9 Å². The van der Waals surface area contributed by atoms with Crippen LogP contribution in [0.1, 0.15) is 31.9 Å². The molecule has 5 nitrogen and oxygen atoms in total. The lowest BCUT2D eigenvalue weighted by Gasteiger charge is -2.15. The van der Waals surface area contributed by atoms with Gasteiger partial charge in [-0.15, -0.1) is 0 Å². The number of nitrogens with zero attached hydrogens (tertiary/aromatic N) is 1. The van der Waals surface area contributed by atoms with Crippen LogP contribution in [0.2, 0.25) is 0 Å². The van der Waals surface area contributed by atoms with Gasteiger partial charge in [-0.2, -0.15) is 0 Å². The van der Waals surface area contributed by atoms with Crippen LogP contribution in [0.5, 0.6) is 0 Å². The van der Waals surface area contributed by atoms with Crippen molar-refractivity contribution in [2.24, 2.45) is 0 Å². The van der Waals surface area contributed by atoms with Crippen LogP contribution in [-0.4, -0.2) is 27.2 Å². The first-order chi connectivity index (χ1) is 8.93. The van der Waals surface area contributed by atoms with Crippen LogP contribution in [-0.2, 0) is 10.8 Å². The van der Waals surface area contributed by atoms with Gasteiger partial charge in [0.15, 0.2) is 0 Å². The standard InChI is InChI=1S/C13H20N2O3S/c1-10(19(3)18)8-9-14-11(2)12-6-4-5-7-13(12)15(16)17/h4-7,10-11,14H,8-9H2,1-3H3. The van der Waals surface area contributed by atoms with Crippen molar-refractivity contribution in [2.45, 2.75) is 31.6 Å². The molecule has 0 bridgehead atoms. The highest BCUT2D eigenvalue weighted by Gasteiger charge is 2.17. The van der Waals surface area contributed by atoms with E-state index >= 15 is 0 Å². The molecular formula is C13H20N2O3S. The molecular weight excluding hydrogens is 264 g/mol. The van der Waals surface area contributed by atoms with E-state index < -0.39 is 10.8 Å². The average molecular weight is 284 g/mol. The van der Waals surface area contributed by atoms with E-state index in [0.717, 1.165) is 6.42 Å². The molecule has 19 heavy (non-hydrogen) atoms. The number of rotatable bonds is 7. The molecule has 0 aliphatic rings. The minimum absolute atomic E-state index is 0.0981. The van der Waals surface area contributed by atoms with Gasteiger partial charge in [0, 0.05) is 40.0 Å². The smallest absolute Gasteiger partial charge is 0.274 e. The summed E-state index contributed by atoms with van der Waals surface area (Å²) in [6.07, 6.45) is 2.48. The van der Waals surface area contributed by atoms with Gasteiger partial charge in [-0.1, -0.05) is 25.1 Å². The number of para-hydroxylation sites is 1. The molecule has 3 unspecified atom stereocenters. The lowest BCUT2D eigenvalue weighted by molar-refractivity contribution is -0.385. The van der Waals surface area contributed by atoms with E-state index in [0.29, 0.717) is 12.1 Å². The zero-order valence-corrected chi connectivity index (χ0v) is 12.3. The average Bonchev–Trinajstić information content (AvgIpc) is 2.38. The maximum Gasteiger partial charge on any atom is 0.274 e. The van der Waals surface area contributed by atoms with Crippen LogP contribution in [0.4, 0.5) is 5.69 Å². The summed E-state index contributed by atoms with van der Waals surface area (Å²) in [5.74, 6) is 0. The number of benzene rings is 1. The van der Waals surface area contributed by atoms with Gasteiger partial charge in [-0.05, 0) is 19.9 Å². The normalized spacial score (nSPS) is 15.7. The molecule has 0 saturated heterocycles. The third-order valence-corrected chi connectivity index (χ3v) is 4.54. The molecule has 0 radical (unpaired) electrons. The lowest BCUT2D eigenvalue weighted by Crippen LogP contribution is -2.24. The molecule has 0 heterocycles. The molecule has 1 aromatic carbocycles. The van der Waals surface area contributed by atoms with E-state index in [1.165, 1.54) is 6.07 Å². The molecule has 0 aromatic heterocycles. The summed E-state index contributed by atoms with van der Waals surface area (Å²) in [6.45, 7) is 4.53. The largest absolute Gasteiger partial charge is 0.310 e. The summed E-state index contributed by atoms with van der Waals surface area (Å²) >= 11 is 0. The summed E-state index contributed by atoms with van der Waals surface area (Å²) in [4.78, 5) is 10.6. The number of hydrogen-bond acceptors (Lipinski definition) is 4. The molecule has 0 aliphatic heterocycles. The Labute approximate surface area is 116 Å². The summed E-state index contributed by atoms with van der Waals surface area (Å²) in [5.41, 5.74) is 0.812. The summed E-state index contributed by atoms with van der Waals surface area (Å²) in [7, 11) is -0.829. The van der Waals surface area contributed by atoms with Crippen molar-refractivity contribution in [1.29, 1.82) is 0 Å². The van der Waals surface area contributed by atoms with Gasteiger partial charge in [0.1, 0.15) is 0 Å². The van der Waals surface area contributed by atoms with Crippen molar-refractivity contribution < 1.29 is 9.13 Å². The Kier molecular flexibility index (Phi) is 6.11. The van der Waals surface area contributed by atoms with Crippen LogP contribution >= 0.6 is 0 Å². The second-order valence-corrected chi connectivity index (χ2v) is 6.39. The first kappa shape index (κ1) is 15.8. The fourth-order valence-corrected chi connectivity index (χ4v) is 2.25. The quantitative estimate of drug-likeness (QED) is 0.616. The Hall–Kier alpha value is -1.27. The van der Waals surface area contributed by atoms with Gasteiger partial charge in [0.05, 0.1) is 4.92 Å². The molecule has 106 valence electrons. The molecule has 0 fully saturated rings. The van der Waals surface area contributed by atoms with Crippen LogP contribution in [0.25, 0.3) is 0 Å². The van der Waals surface area contributed by atoms with Crippen molar-refractivity contribution in [3.63, 3.8) is 0 Å². The van der Waals surface area contributed by atoms with Crippen molar-refractivity contribution >= 4 is 16.5 Å². The summed E-state index contributed by atoms with van der Waals surface area (Å²) in [6, 6.07) is 6.63. The van der Waals surface area contributed by atoms with Gasteiger partial charge in [0.25, 0.3) is 5.69 Å². The number of nitro benzene ring substituents is 1. The van der Waals surface area contributed by atoms with Crippen LogP contribution in [0.15, 0.2) is 24.3 Å². The Morgan fingerprint density at radius 1 is 1.37 bits per heavy atom. The first-order valence-corrected chi connectivity index (χ1v) is 7.84. The van der Waals surface area contributed by atoms with Crippen LogP contribution < -0.4 is 5.32 Å². The minimum atomic E-state index is -0.829. The molecule has 1 aromatic rings. The van der Waals surface area contributed by atoms with Crippen LogP contribution in [0, 0.1) is 10.1 Å². The third kappa shape index (κ3) is 4.72. The van der Waals surface area contributed by atoms with E-state index in [1.54, 1.807) is 24.5 Å². The fourth-order valence-electron chi connectivity index (χ4n) is 1.80. The van der Waals surface area contributed by atoms with E-state index in [2.05, 4.69) is 5.32 Å². The van der Waals surface area contributed by atoms with E-state index in [-0.39, 0.29) is 21.9 Å². The SMILES string of the molecule is CC(NCCC(C)S(C)=O)c1ccccc1[N+](=O)[O-]. The molecule has 0 aliphatic carbocycles. The highest BCUT2D eigenvalue weighted by Crippen LogP contribution is 2.24. The number of nitrogens with one attached hydrogen (secondary N) is 1. The van der Waals surface area contributed by atoms with E-state index in [1.807, 2.05) is 13.8 Å². The summed E-state index contributed by atoms with van der Waals surface area (Å²) < 4.78 is 11.2.